The van der Waals surface area contributed by atoms with E-state index in [1.165, 1.54) is 0 Å². The van der Waals surface area contributed by atoms with Gasteiger partial charge in [0.25, 0.3) is 0 Å². The molecule has 1 N–H and O–H groups in total. The van der Waals surface area contributed by atoms with Gasteiger partial charge in [-0.05, 0) is 57.4 Å². The van der Waals surface area contributed by atoms with Crippen LogP contribution in [0.2, 0.25) is 0 Å². The van der Waals surface area contributed by atoms with Gasteiger partial charge in [-0.25, -0.2) is 4.79 Å². The Morgan fingerprint density at radius 3 is 0.958 bits per heavy atom. The van der Waals surface area contributed by atoms with Crippen LogP contribution in [0.15, 0.2) is 0 Å². The Morgan fingerprint density at radius 2 is 0.667 bits per heavy atom. The zero-order valence-corrected chi connectivity index (χ0v) is 45.8. The maximum absolute atomic E-state index is 13.5. The number of rotatable bonds is 46. The molecule has 0 radical (unpaired) electrons. The monoisotopic (exact) mass is 1020 g/mol. The number of nitrogens with one attached hydrogen (secondary N) is 1. The minimum atomic E-state index is -1.05. The number of alkyl carbamates (subject to hydrolysis) is 1. The molecule has 0 saturated carbocycles. The first-order valence-electron chi connectivity index (χ1n) is 28.5. The molecule has 1 aliphatic heterocycles. The number of likely N-dealkylation sites (tertiary alicyclic amines) is 1. The predicted octanol–water partition coefficient (Wildman–Crippen LogP) is 11.4. The SMILES string of the molecule is CCCCCCCCOC(=O)CC(CC(=O)OCCCCCCCC)CC(=O)OCC(COC(=O)CC(CC(=O)OCCCCCCCC)CC(=O)OCCCCCCCC)NC(=O)OC1CCN(C)CC1. The molecule has 16 nitrogen and oxygen atoms in total. The molecule has 72 heavy (non-hydrogen) atoms. The van der Waals surface area contributed by atoms with Crippen LogP contribution in [0.5, 0.6) is 0 Å². The molecule has 0 unspecified atom stereocenters. The highest BCUT2D eigenvalue weighted by Gasteiger charge is 2.28. The largest absolute Gasteiger partial charge is 0.466 e. The molecule has 16 heteroatoms. The summed E-state index contributed by atoms with van der Waals surface area (Å²) in [4.78, 5) is 94.1. The maximum Gasteiger partial charge on any atom is 0.407 e. The van der Waals surface area contributed by atoms with Crippen molar-refractivity contribution in [3.8, 4) is 0 Å². The quantitative estimate of drug-likeness (QED) is 0.0343. The summed E-state index contributed by atoms with van der Waals surface area (Å²) in [5, 5.41) is 2.67. The van der Waals surface area contributed by atoms with Gasteiger partial charge in [0.2, 0.25) is 0 Å². The topological polar surface area (TPSA) is 199 Å². The standard InChI is InChI=1S/C56H100N2O14/c1-6-10-14-18-22-26-34-66-50(59)38-46(39-51(60)67-35-27-23-19-15-11-7-2)42-54(63)70-44-48(57-56(65)72-49-30-32-58(5)33-31-49)45-71-55(64)43-47(40-52(61)68-36-28-24-20-16-12-8-3)41-53(62)69-37-29-25-21-17-13-9-4/h46-49H,6-45H2,1-5H3,(H,57,65). The van der Waals surface area contributed by atoms with Crippen LogP contribution in [0.4, 0.5) is 4.79 Å². The summed E-state index contributed by atoms with van der Waals surface area (Å²) < 4.78 is 38.9. The molecule has 1 amide bonds. The van der Waals surface area contributed by atoms with E-state index < -0.39 is 73.0 Å². The van der Waals surface area contributed by atoms with Crippen LogP contribution >= 0.6 is 0 Å². The van der Waals surface area contributed by atoms with Gasteiger partial charge in [0.05, 0.1) is 26.4 Å². The Balaban J connectivity index is 3.04. The molecule has 0 aromatic rings. The van der Waals surface area contributed by atoms with Gasteiger partial charge in [0.15, 0.2) is 0 Å². The lowest BCUT2D eigenvalue weighted by atomic mass is 9.97. The van der Waals surface area contributed by atoms with Crippen molar-refractivity contribution in [2.45, 2.75) is 245 Å². The van der Waals surface area contributed by atoms with E-state index in [2.05, 4.69) is 37.9 Å². The van der Waals surface area contributed by atoms with Crippen LogP contribution in [0, 0.1) is 11.8 Å². The fourth-order valence-corrected chi connectivity index (χ4v) is 8.45. The summed E-state index contributed by atoms with van der Waals surface area (Å²) in [5.41, 5.74) is 0. The zero-order chi connectivity index (χ0) is 52.9. The molecule has 1 rings (SSSR count). The number of nitrogens with zero attached hydrogens (tertiary/aromatic N) is 1. The molecule has 1 saturated heterocycles. The van der Waals surface area contributed by atoms with E-state index in [1.807, 2.05) is 7.05 Å². The minimum Gasteiger partial charge on any atom is -0.466 e. The zero-order valence-electron chi connectivity index (χ0n) is 45.8. The third kappa shape index (κ3) is 39.6. The van der Waals surface area contributed by atoms with Crippen molar-refractivity contribution < 1.29 is 66.7 Å². The van der Waals surface area contributed by atoms with Crippen molar-refractivity contribution in [1.29, 1.82) is 0 Å². The maximum atomic E-state index is 13.5. The summed E-state index contributed by atoms with van der Waals surface area (Å²) in [5.74, 6) is -5.12. The van der Waals surface area contributed by atoms with Gasteiger partial charge in [-0.15, -0.1) is 0 Å². The number of piperidine rings is 1. The summed E-state index contributed by atoms with van der Waals surface area (Å²) in [6, 6.07) is -1.05. The second-order valence-electron chi connectivity index (χ2n) is 20.0. The van der Waals surface area contributed by atoms with Crippen molar-refractivity contribution in [3.05, 3.63) is 0 Å². The smallest absolute Gasteiger partial charge is 0.407 e. The highest BCUT2D eigenvalue weighted by atomic mass is 16.6. The molecule has 418 valence electrons. The average Bonchev–Trinajstić information content (AvgIpc) is 3.34. The molecule has 1 aliphatic rings. The molecule has 0 bridgehead atoms. The highest BCUT2D eigenvalue weighted by Crippen LogP contribution is 2.20. The second-order valence-corrected chi connectivity index (χ2v) is 20.0. The first-order valence-corrected chi connectivity index (χ1v) is 28.5. The summed E-state index contributed by atoms with van der Waals surface area (Å²) in [7, 11) is 1.99. The van der Waals surface area contributed by atoms with Crippen LogP contribution in [-0.2, 0) is 61.9 Å². The third-order valence-corrected chi connectivity index (χ3v) is 12.9. The minimum absolute atomic E-state index is 0.195. The van der Waals surface area contributed by atoms with E-state index >= 15 is 0 Å². The van der Waals surface area contributed by atoms with Crippen LogP contribution in [-0.4, -0.2) is 119 Å². The van der Waals surface area contributed by atoms with Gasteiger partial charge < -0.3 is 43.4 Å². The van der Waals surface area contributed by atoms with Crippen molar-refractivity contribution in [2.24, 2.45) is 11.8 Å². The normalized spacial score (nSPS) is 13.0. The Labute approximate surface area is 434 Å². The average molecular weight is 1030 g/mol. The van der Waals surface area contributed by atoms with Crippen molar-refractivity contribution >= 4 is 41.9 Å². The molecule has 0 aliphatic carbocycles. The van der Waals surface area contributed by atoms with Crippen LogP contribution < -0.4 is 5.32 Å². The van der Waals surface area contributed by atoms with Crippen molar-refractivity contribution in [3.63, 3.8) is 0 Å². The Morgan fingerprint density at radius 1 is 0.403 bits per heavy atom. The van der Waals surface area contributed by atoms with E-state index in [0.29, 0.717) is 12.8 Å². The van der Waals surface area contributed by atoms with Gasteiger partial charge in [0.1, 0.15) is 25.4 Å². The lowest BCUT2D eigenvalue weighted by Crippen LogP contribution is -2.45. The molecule has 0 atom stereocenters. The van der Waals surface area contributed by atoms with Gasteiger partial charge in [0, 0.05) is 51.6 Å². The van der Waals surface area contributed by atoms with E-state index in [1.54, 1.807) is 0 Å². The molecular formula is C56H100N2O14. The first-order chi connectivity index (χ1) is 34.9. The molecule has 0 aromatic carbocycles. The molecule has 0 aromatic heterocycles. The molecule has 1 heterocycles. The number of carbonyl (C=O) groups is 7. The second kappa shape index (κ2) is 45.6. The molecule has 1 fully saturated rings. The number of carbonyl (C=O) groups excluding carboxylic acids is 7. The van der Waals surface area contributed by atoms with Crippen LogP contribution in [0.1, 0.15) is 233 Å². The summed E-state index contributed by atoms with van der Waals surface area (Å²) in [6.07, 6.45) is 23.3. The number of esters is 6. The van der Waals surface area contributed by atoms with Crippen molar-refractivity contribution in [1.82, 2.24) is 10.2 Å². The number of hydrogen-bond donors (Lipinski definition) is 1. The fourth-order valence-electron chi connectivity index (χ4n) is 8.45. The van der Waals surface area contributed by atoms with E-state index in [9.17, 15) is 33.6 Å². The van der Waals surface area contributed by atoms with E-state index in [0.717, 1.165) is 167 Å². The van der Waals surface area contributed by atoms with Gasteiger partial charge in [-0.1, -0.05) is 156 Å². The number of ether oxygens (including phenoxy) is 7. The Hall–Kier alpha value is -3.95. The Bertz CT molecular complexity index is 1290. The third-order valence-electron chi connectivity index (χ3n) is 12.9. The van der Waals surface area contributed by atoms with Gasteiger partial charge in [-0.3, -0.25) is 28.8 Å². The van der Waals surface area contributed by atoms with Gasteiger partial charge >= 0.3 is 41.9 Å². The predicted molar refractivity (Wildman–Crippen MR) is 278 cm³/mol. The van der Waals surface area contributed by atoms with E-state index in [4.69, 9.17) is 33.2 Å². The van der Waals surface area contributed by atoms with Crippen molar-refractivity contribution in [2.75, 3.05) is 59.8 Å². The highest BCUT2D eigenvalue weighted by molar-refractivity contribution is 5.77. The molecule has 0 spiro atoms. The lowest BCUT2D eigenvalue weighted by molar-refractivity contribution is -0.152. The number of unbranched alkanes of at least 4 members (excludes halogenated alkanes) is 20. The molecular weight excluding hydrogens is 925 g/mol. The van der Waals surface area contributed by atoms with Crippen LogP contribution in [0.3, 0.4) is 0 Å². The Kier molecular flexibility index (Phi) is 41.9. The first kappa shape index (κ1) is 66.1. The number of hydrogen-bond acceptors (Lipinski definition) is 15. The number of amides is 1. The lowest BCUT2D eigenvalue weighted by Gasteiger charge is -2.29. The van der Waals surface area contributed by atoms with Gasteiger partial charge in [-0.2, -0.15) is 0 Å². The van der Waals surface area contributed by atoms with Crippen LogP contribution in [0.25, 0.3) is 0 Å². The fraction of sp³-hybridized carbons (Fsp3) is 0.875. The summed E-state index contributed by atoms with van der Waals surface area (Å²) >= 11 is 0. The van der Waals surface area contributed by atoms with E-state index in [-0.39, 0.29) is 71.1 Å². The summed E-state index contributed by atoms with van der Waals surface area (Å²) in [6.45, 7) is 10.2.